The maximum Gasteiger partial charge on any atom is 0.187 e. The van der Waals surface area contributed by atoms with Crippen LogP contribution in [0.25, 0.3) is 11.0 Å². The summed E-state index contributed by atoms with van der Waals surface area (Å²) in [7, 11) is 0. The number of ether oxygens (including phenoxy) is 1. The fourth-order valence-electron chi connectivity index (χ4n) is 1.74. The Morgan fingerprint density at radius 1 is 1.50 bits per heavy atom. The van der Waals surface area contributed by atoms with Crippen molar-refractivity contribution >= 4 is 34.4 Å². The van der Waals surface area contributed by atoms with Gasteiger partial charge in [-0.15, -0.1) is 0 Å². The second kappa shape index (κ2) is 3.79. The molecule has 0 saturated carbocycles. The Balaban J connectivity index is 2.14. The number of hydrogen-bond acceptors (Lipinski definition) is 6. The lowest BCUT2D eigenvalue weighted by Crippen LogP contribution is -2.17. The number of anilines is 2. The van der Waals surface area contributed by atoms with Gasteiger partial charge in [0.1, 0.15) is 12.4 Å². The average Bonchev–Trinajstić information content (AvgIpc) is 2.70. The second-order valence-electron chi connectivity index (χ2n) is 3.46. The lowest BCUT2D eigenvalue weighted by molar-refractivity contribution is 0.323. The highest BCUT2D eigenvalue weighted by atomic mass is 32.2. The molecule has 0 fully saturated rings. The number of aromatic nitrogens is 1. The Kier molecular flexibility index (Phi) is 2.28. The van der Waals surface area contributed by atoms with Crippen molar-refractivity contribution in [2.24, 2.45) is 0 Å². The molecule has 3 rings (SSSR count). The fraction of sp³-hybridized carbons (Fsp3) is 0.300. The third-order valence-electron chi connectivity index (χ3n) is 2.45. The van der Waals surface area contributed by atoms with Crippen LogP contribution in [0.15, 0.2) is 16.7 Å². The summed E-state index contributed by atoms with van der Waals surface area (Å²) in [5.74, 6) is 1.59. The van der Waals surface area contributed by atoms with Crippen LogP contribution in [-0.4, -0.2) is 24.6 Å². The summed E-state index contributed by atoms with van der Waals surface area (Å²) in [6, 6.07) is 3.87. The van der Waals surface area contributed by atoms with Gasteiger partial charge < -0.3 is 19.3 Å². The van der Waals surface area contributed by atoms with Crippen molar-refractivity contribution in [1.29, 1.82) is 0 Å². The van der Waals surface area contributed by atoms with E-state index in [1.165, 1.54) is 11.9 Å². The van der Waals surface area contributed by atoms with Crippen molar-refractivity contribution in [3.8, 4) is 5.75 Å². The molecule has 2 aromatic rings. The molecule has 1 aromatic carbocycles. The first-order chi connectivity index (χ1) is 7.88. The minimum absolute atomic E-state index is 0.690. The van der Waals surface area contributed by atoms with E-state index in [9.17, 15) is 0 Å². The molecule has 16 heavy (non-hydrogen) atoms. The molecule has 1 aliphatic rings. The van der Waals surface area contributed by atoms with Crippen LogP contribution in [0.4, 0.5) is 11.5 Å². The number of hydrogen-bond donors (Lipinski definition) is 2. The van der Waals surface area contributed by atoms with E-state index in [-0.39, 0.29) is 0 Å². The van der Waals surface area contributed by atoms with Gasteiger partial charge in [-0.2, -0.15) is 0 Å². The van der Waals surface area contributed by atoms with E-state index < -0.39 is 0 Å². The molecule has 2 N–H and O–H groups in total. The monoisotopic (exact) mass is 237 g/mol. The average molecular weight is 237 g/mol. The van der Waals surface area contributed by atoms with Crippen molar-refractivity contribution in [1.82, 2.24) is 5.16 Å². The van der Waals surface area contributed by atoms with Crippen LogP contribution < -0.4 is 14.8 Å². The van der Waals surface area contributed by atoms with Gasteiger partial charge in [-0.1, -0.05) is 17.1 Å². The Morgan fingerprint density at radius 3 is 3.31 bits per heavy atom. The summed E-state index contributed by atoms with van der Waals surface area (Å²) in [6.45, 7) is 1.51. The Hall–Kier alpha value is -1.56. The van der Waals surface area contributed by atoms with Crippen molar-refractivity contribution in [3.05, 3.63) is 12.1 Å². The van der Waals surface area contributed by atoms with E-state index in [4.69, 9.17) is 9.26 Å². The van der Waals surface area contributed by atoms with Gasteiger partial charge in [-0.3, -0.25) is 0 Å². The molecule has 5 nitrogen and oxygen atoms in total. The summed E-state index contributed by atoms with van der Waals surface area (Å²) >= 11 is 1.48. The lowest BCUT2D eigenvalue weighted by atomic mass is 10.2. The quantitative estimate of drug-likeness (QED) is 0.782. The highest BCUT2D eigenvalue weighted by Gasteiger charge is 2.15. The van der Waals surface area contributed by atoms with E-state index >= 15 is 0 Å². The van der Waals surface area contributed by atoms with Gasteiger partial charge in [0.15, 0.2) is 11.4 Å². The fourth-order valence-corrected chi connectivity index (χ4v) is 2.08. The number of benzene rings is 1. The Bertz CT molecular complexity index is 526. The molecular formula is C10H11N3O2S. The molecule has 0 saturated heterocycles. The molecular weight excluding hydrogens is 226 g/mol. The number of nitrogens with zero attached hydrogens (tertiary/aromatic N) is 1. The van der Waals surface area contributed by atoms with E-state index in [0.29, 0.717) is 6.61 Å². The molecule has 0 unspecified atom stereocenters. The van der Waals surface area contributed by atoms with E-state index in [0.717, 1.165) is 34.8 Å². The van der Waals surface area contributed by atoms with Crippen LogP contribution in [0.2, 0.25) is 0 Å². The van der Waals surface area contributed by atoms with Gasteiger partial charge in [0.2, 0.25) is 0 Å². The number of rotatable bonds is 2. The summed E-state index contributed by atoms with van der Waals surface area (Å²) in [4.78, 5) is 0. The van der Waals surface area contributed by atoms with E-state index in [1.807, 2.05) is 18.4 Å². The van der Waals surface area contributed by atoms with Gasteiger partial charge in [-0.25, -0.2) is 0 Å². The molecule has 1 aliphatic heterocycles. The van der Waals surface area contributed by atoms with Crippen LogP contribution in [-0.2, 0) is 0 Å². The molecule has 0 aliphatic carbocycles. The minimum atomic E-state index is 0.690. The molecule has 2 heterocycles. The zero-order valence-electron chi connectivity index (χ0n) is 8.74. The van der Waals surface area contributed by atoms with Gasteiger partial charge >= 0.3 is 0 Å². The largest absolute Gasteiger partial charge is 0.490 e. The smallest absolute Gasteiger partial charge is 0.187 e. The van der Waals surface area contributed by atoms with Crippen LogP contribution in [0, 0.1) is 0 Å². The summed E-state index contributed by atoms with van der Waals surface area (Å²) in [6.07, 6.45) is 1.94. The minimum Gasteiger partial charge on any atom is -0.490 e. The topological polar surface area (TPSA) is 59.3 Å². The normalized spacial score (nSPS) is 14.1. The maximum atomic E-state index is 5.57. The third-order valence-corrected chi connectivity index (χ3v) is 2.84. The highest BCUT2D eigenvalue weighted by Crippen LogP contribution is 2.35. The zero-order valence-corrected chi connectivity index (χ0v) is 9.56. The van der Waals surface area contributed by atoms with Crippen molar-refractivity contribution in [3.63, 3.8) is 0 Å². The maximum absolute atomic E-state index is 5.57. The van der Waals surface area contributed by atoms with E-state index in [2.05, 4.69) is 15.2 Å². The molecule has 84 valence electrons. The Labute approximate surface area is 96.6 Å². The van der Waals surface area contributed by atoms with Crippen molar-refractivity contribution < 1.29 is 9.26 Å². The Morgan fingerprint density at radius 2 is 2.44 bits per heavy atom. The first-order valence-electron chi connectivity index (χ1n) is 4.97. The first kappa shape index (κ1) is 9.65. The second-order valence-corrected chi connectivity index (χ2v) is 4.07. The van der Waals surface area contributed by atoms with Gasteiger partial charge in [0, 0.05) is 18.9 Å². The number of fused-ring (bicyclic) bond motifs is 2. The molecule has 0 atom stereocenters. The van der Waals surface area contributed by atoms with Crippen LogP contribution in [0.5, 0.6) is 5.75 Å². The molecule has 0 radical (unpaired) electrons. The molecule has 0 spiro atoms. The van der Waals surface area contributed by atoms with Crippen LogP contribution in [0.1, 0.15) is 0 Å². The van der Waals surface area contributed by atoms with E-state index in [1.54, 1.807) is 0 Å². The molecule has 6 heteroatoms. The van der Waals surface area contributed by atoms with Gasteiger partial charge in [0.05, 0.1) is 11.1 Å². The van der Waals surface area contributed by atoms with Gasteiger partial charge in [-0.05, 0) is 6.07 Å². The van der Waals surface area contributed by atoms with Gasteiger partial charge in [0.25, 0.3) is 0 Å². The van der Waals surface area contributed by atoms with Crippen LogP contribution >= 0.6 is 11.9 Å². The lowest BCUT2D eigenvalue weighted by Gasteiger charge is -2.18. The highest BCUT2D eigenvalue weighted by molar-refractivity contribution is 7.99. The van der Waals surface area contributed by atoms with Crippen molar-refractivity contribution in [2.45, 2.75) is 0 Å². The summed E-state index contributed by atoms with van der Waals surface area (Å²) in [5.41, 5.74) is 1.72. The molecule has 0 amide bonds. The summed E-state index contributed by atoms with van der Waals surface area (Å²) < 4.78 is 13.9. The zero-order chi connectivity index (χ0) is 11.0. The predicted molar refractivity (Wildman–Crippen MR) is 65.1 cm³/mol. The number of nitrogens with one attached hydrogen (secondary N) is 2. The van der Waals surface area contributed by atoms with Crippen LogP contribution in [0.3, 0.4) is 0 Å². The third kappa shape index (κ3) is 1.46. The SMILES string of the molecule is CSNc1noc2cc3c(cc12)OCCN3. The molecule has 1 aromatic heterocycles. The molecule has 0 bridgehead atoms. The predicted octanol–water partition coefficient (Wildman–Crippen LogP) is 2.32. The first-order valence-corrected chi connectivity index (χ1v) is 6.20. The summed E-state index contributed by atoms with van der Waals surface area (Å²) in [5, 5.41) is 8.17. The standard InChI is InChI=1S/C10H11N3O2S/c1-16-13-10-6-4-9-7(11-2-3-14-9)5-8(6)15-12-10/h4-5,11H,2-3H2,1H3,(H,12,13). The van der Waals surface area contributed by atoms with Crippen molar-refractivity contribution in [2.75, 3.05) is 29.4 Å².